The first-order chi connectivity index (χ1) is 12.5. The van der Waals surface area contributed by atoms with Crippen LogP contribution in [0.4, 0.5) is 15.8 Å². The molecule has 0 radical (unpaired) electrons. The van der Waals surface area contributed by atoms with E-state index in [0.29, 0.717) is 23.2 Å². The fourth-order valence-corrected chi connectivity index (χ4v) is 3.76. The summed E-state index contributed by atoms with van der Waals surface area (Å²) in [7, 11) is 7.64. The Bertz CT molecular complexity index is 567. The van der Waals surface area contributed by atoms with Crippen molar-refractivity contribution in [3.8, 4) is 5.75 Å². The van der Waals surface area contributed by atoms with Crippen molar-refractivity contribution in [2.45, 2.75) is 32.2 Å². The number of benzene rings is 1. The van der Waals surface area contributed by atoms with Gasteiger partial charge in [0, 0.05) is 51.4 Å². The minimum absolute atomic E-state index is 0.187. The standard InChI is InChI=1S/C20H35FN4O/c1-6-24(13-12-23(3)4)16-8-7-10-25(11-9-16)19-15-20(26-5)18(22-2)14-17(19)21/h14-16,22H,6-13H2,1-5H3. The van der Waals surface area contributed by atoms with Crippen LogP contribution >= 0.6 is 0 Å². The van der Waals surface area contributed by atoms with E-state index in [1.165, 1.54) is 12.5 Å². The number of methoxy groups -OCH3 is 1. The largest absolute Gasteiger partial charge is 0.495 e. The lowest BCUT2D eigenvalue weighted by molar-refractivity contribution is 0.174. The summed E-state index contributed by atoms with van der Waals surface area (Å²) in [5, 5.41) is 2.99. The van der Waals surface area contributed by atoms with Crippen LogP contribution in [0, 0.1) is 5.82 Å². The van der Waals surface area contributed by atoms with E-state index in [0.717, 1.165) is 45.6 Å². The lowest BCUT2D eigenvalue weighted by Crippen LogP contribution is -2.40. The molecular formula is C20H35FN4O. The molecule has 0 saturated carbocycles. The molecule has 1 heterocycles. The molecule has 0 aromatic heterocycles. The topological polar surface area (TPSA) is 31.0 Å². The molecule has 1 atom stereocenters. The van der Waals surface area contributed by atoms with Crippen LogP contribution < -0.4 is 15.0 Å². The molecule has 1 unspecified atom stereocenters. The van der Waals surface area contributed by atoms with Crippen LogP contribution in [0.15, 0.2) is 12.1 Å². The van der Waals surface area contributed by atoms with Crippen molar-refractivity contribution in [1.82, 2.24) is 9.80 Å². The highest BCUT2D eigenvalue weighted by Gasteiger charge is 2.24. The van der Waals surface area contributed by atoms with E-state index in [4.69, 9.17) is 4.74 Å². The molecule has 0 amide bonds. The molecule has 148 valence electrons. The molecule has 1 fully saturated rings. The third-order valence-corrected chi connectivity index (χ3v) is 5.33. The van der Waals surface area contributed by atoms with Gasteiger partial charge in [0.05, 0.1) is 18.5 Å². The lowest BCUT2D eigenvalue weighted by atomic mass is 10.1. The number of rotatable bonds is 8. The molecule has 2 rings (SSSR count). The van der Waals surface area contributed by atoms with Gasteiger partial charge in [0.1, 0.15) is 11.6 Å². The second kappa shape index (κ2) is 9.97. The second-order valence-electron chi connectivity index (χ2n) is 7.26. The van der Waals surface area contributed by atoms with E-state index in [1.807, 2.05) is 6.07 Å². The highest BCUT2D eigenvalue weighted by molar-refractivity contribution is 5.65. The van der Waals surface area contributed by atoms with Crippen LogP contribution in [0.5, 0.6) is 5.75 Å². The third kappa shape index (κ3) is 5.24. The zero-order chi connectivity index (χ0) is 19.1. The lowest BCUT2D eigenvalue weighted by Gasteiger charge is -2.31. The second-order valence-corrected chi connectivity index (χ2v) is 7.26. The van der Waals surface area contributed by atoms with Crippen molar-refractivity contribution in [2.24, 2.45) is 0 Å². The molecule has 0 bridgehead atoms. The van der Waals surface area contributed by atoms with Crippen molar-refractivity contribution in [1.29, 1.82) is 0 Å². The van der Waals surface area contributed by atoms with Crippen LogP contribution in [0.25, 0.3) is 0 Å². The van der Waals surface area contributed by atoms with Gasteiger partial charge in [-0.3, -0.25) is 4.90 Å². The Morgan fingerprint density at radius 1 is 1.23 bits per heavy atom. The first-order valence-electron chi connectivity index (χ1n) is 9.69. The average molecular weight is 367 g/mol. The molecule has 1 aromatic rings. The van der Waals surface area contributed by atoms with Gasteiger partial charge in [0.15, 0.2) is 0 Å². The maximum atomic E-state index is 14.6. The monoisotopic (exact) mass is 366 g/mol. The zero-order valence-electron chi connectivity index (χ0n) is 17.0. The summed E-state index contributed by atoms with van der Waals surface area (Å²) in [6, 6.07) is 3.93. The van der Waals surface area contributed by atoms with Gasteiger partial charge in [-0.1, -0.05) is 6.92 Å². The molecule has 5 nitrogen and oxygen atoms in total. The maximum Gasteiger partial charge on any atom is 0.148 e. The Labute approximate surface area is 158 Å². The zero-order valence-corrected chi connectivity index (χ0v) is 17.0. The predicted molar refractivity (Wildman–Crippen MR) is 108 cm³/mol. The van der Waals surface area contributed by atoms with E-state index in [9.17, 15) is 4.39 Å². The van der Waals surface area contributed by atoms with Crippen molar-refractivity contribution in [3.05, 3.63) is 17.9 Å². The molecule has 1 aliphatic rings. The predicted octanol–water partition coefficient (Wildman–Crippen LogP) is 3.12. The number of likely N-dealkylation sites (N-methyl/N-ethyl adjacent to an activating group) is 2. The van der Waals surface area contributed by atoms with Crippen LogP contribution in [-0.4, -0.2) is 76.8 Å². The summed E-state index contributed by atoms with van der Waals surface area (Å²) < 4.78 is 20.1. The van der Waals surface area contributed by atoms with Gasteiger partial charge in [0.25, 0.3) is 0 Å². The quantitative estimate of drug-likeness (QED) is 0.764. The molecule has 26 heavy (non-hydrogen) atoms. The summed E-state index contributed by atoms with van der Waals surface area (Å²) in [5.41, 5.74) is 1.33. The summed E-state index contributed by atoms with van der Waals surface area (Å²) in [6.45, 7) is 7.23. The first-order valence-corrected chi connectivity index (χ1v) is 9.69. The number of anilines is 2. The molecule has 0 aliphatic carbocycles. The van der Waals surface area contributed by atoms with Gasteiger partial charge in [-0.2, -0.15) is 0 Å². The van der Waals surface area contributed by atoms with E-state index < -0.39 is 0 Å². The van der Waals surface area contributed by atoms with Gasteiger partial charge in [-0.25, -0.2) is 4.39 Å². The Morgan fingerprint density at radius 3 is 2.62 bits per heavy atom. The van der Waals surface area contributed by atoms with Crippen LogP contribution in [0.1, 0.15) is 26.2 Å². The number of nitrogens with one attached hydrogen (secondary N) is 1. The number of ether oxygens (including phenoxy) is 1. The van der Waals surface area contributed by atoms with Crippen LogP contribution in [0.2, 0.25) is 0 Å². The Balaban J connectivity index is 2.08. The van der Waals surface area contributed by atoms with E-state index >= 15 is 0 Å². The van der Waals surface area contributed by atoms with Crippen molar-refractivity contribution >= 4 is 11.4 Å². The molecule has 0 spiro atoms. The Morgan fingerprint density at radius 2 is 2.00 bits per heavy atom. The van der Waals surface area contributed by atoms with Crippen molar-refractivity contribution in [2.75, 3.05) is 71.2 Å². The molecule has 1 N–H and O–H groups in total. The molecule has 1 aromatic carbocycles. The van der Waals surface area contributed by atoms with E-state index in [1.54, 1.807) is 14.2 Å². The normalized spacial score (nSPS) is 18.3. The van der Waals surface area contributed by atoms with Gasteiger partial charge < -0.3 is 19.9 Å². The van der Waals surface area contributed by atoms with E-state index in [2.05, 4.69) is 41.0 Å². The summed E-state index contributed by atoms with van der Waals surface area (Å²) >= 11 is 0. The fourth-order valence-electron chi connectivity index (χ4n) is 3.76. The summed E-state index contributed by atoms with van der Waals surface area (Å²) in [4.78, 5) is 6.98. The SMILES string of the molecule is CCN(CCN(C)C)C1CCCN(c2cc(OC)c(NC)cc2F)CC1. The number of hydrogen-bond acceptors (Lipinski definition) is 5. The number of halogens is 1. The third-order valence-electron chi connectivity index (χ3n) is 5.33. The van der Waals surface area contributed by atoms with Crippen molar-refractivity contribution < 1.29 is 9.13 Å². The summed E-state index contributed by atoms with van der Waals surface area (Å²) in [5.74, 6) is 0.499. The van der Waals surface area contributed by atoms with Crippen molar-refractivity contribution in [3.63, 3.8) is 0 Å². The minimum atomic E-state index is -0.187. The van der Waals surface area contributed by atoms with Crippen LogP contribution in [-0.2, 0) is 0 Å². The fraction of sp³-hybridized carbons (Fsp3) is 0.700. The van der Waals surface area contributed by atoms with Gasteiger partial charge in [-0.15, -0.1) is 0 Å². The highest BCUT2D eigenvalue weighted by atomic mass is 19.1. The molecule has 1 aliphatic heterocycles. The Kier molecular flexibility index (Phi) is 7.97. The van der Waals surface area contributed by atoms with Gasteiger partial charge in [-0.05, 0) is 39.9 Å². The smallest absolute Gasteiger partial charge is 0.148 e. The highest BCUT2D eigenvalue weighted by Crippen LogP contribution is 2.33. The maximum absolute atomic E-state index is 14.6. The van der Waals surface area contributed by atoms with Crippen LogP contribution in [0.3, 0.4) is 0 Å². The minimum Gasteiger partial charge on any atom is -0.495 e. The van der Waals surface area contributed by atoms with E-state index in [-0.39, 0.29) is 5.82 Å². The molecule has 1 saturated heterocycles. The number of nitrogens with zero attached hydrogens (tertiary/aromatic N) is 3. The number of hydrogen-bond donors (Lipinski definition) is 1. The van der Waals surface area contributed by atoms with Gasteiger partial charge in [0.2, 0.25) is 0 Å². The summed E-state index contributed by atoms with van der Waals surface area (Å²) in [6.07, 6.45) is 3.32. The Hall–Kier alpha value is -1.53. The molecule has 6 heteroatoms. The average Bonchev–Trinajstić information content (AvgIpc) is 2.88. The molecular weight excluding hydrogens is 331 g/mol. The first kappa shape index (κ1) is 20.8. The van der Waals surface area contributed by atoms with Gasteiger partial charge >= 0.3 is 0 Å².